The van der Waals surface area contributed by atoms with Crippen molar-refractivity contribution in [3.8, 4) is 18.2 Å². The van der Waals surface area contributed by atoms with Crippen molar-refractivity contribution in [2.75, 3.05) is 5.32 Å². The molecule has 0 aromatic heterocycles. The third-order valence-electron chi connectivity index (χ3n) is 2.34. The normalized spacial score (nSPS) is 8.62. The van der Waals surface area contributed by atoms with Crippen LogP contribution in [0.15, 0.2) is 29.5 Å². The van der Waals surface area contributed by atoms with E-state index >= 15 is 0 Å². The van der Waals surface area contributed by atoms with E-state index in [1.54, 1.807) is 0 Å². The molecule has 0 saturated carbocycles. The molecular formula is C12H6N6O3. The van der Waals surface area contributed by atoms with E-state index in [4.69, 9.17) is 21.5 Å². The van der Waals surface area contributed by atoms with Crippen molar-refractivity contribution < 1.29 is 9.72 Å². The lowest BCUT2D eigenvalue weighted by molar-refractivity contribution is -0.383. The largest absolute Gasteiger partial charge is 0.366 e. The number of nitrogens with two attached hydrogens (primary N) is 1. The second-order valence-electron chi connectivity index (χ2n) is 3.53. The smallest absolute Gasteiger partial charge is 0.293 e. The van der Waals surface area contributed by atoms with Gasteiger partial charge in [-0.2, -0.15) is 15.8 Å². The maximum absolute atomic E-state index is 11.3. The first-order chi connectivity index (χ1) is 9.96. The summed E-state index contributed by atoms with van der Waals surface area (Å²) in [5.74, 6) is -0.964. The molecule has 3 N–H and O–H groups in total. The van der Waals surface area contributed by atoms with Gasteiger partial charge in [0.2, 0.25) is 0 Å². The molecule has 1 amide bonds. The Kier molecular flexibility index (Phi) is 4.56. The van der Waals surface area contributed by atoms with Crippen LogP contribution >= 0.6 is 0 Å². The average molecular weight is 282 g/mol. The van der Waals surface area contributed by atoms with Crippen molar-refractivity contribution >= 4 is 17.3 Å². The van der Waals surface area contributed by atoms with Gasteiger partial charge in [-0.1, -0.05) is 6.07 Å². The molecule has 9 nitrogen and oxygen atoms in total. The summed E-state index contributed by atoms with van der Waals surface area (Å²) in [4.78, 5) is 21.5. The Morgan fingerprint density at radius 1 is 1.24 bits per heavy atom. The minimum Gasteiger partial charge on any atom is -0.366 e. The Morgan fingerprint density at radius 3 is 2.29 bits per heavy atom. The molecular weight excluding hydrogens is 276 g/mol. The Bertz CT molecular complexity index is 727. The number of carbonyl (C=O) groups is 1. The second-order valence-corrected chi connectivity index (χ2v) is 3.53. The molecule has 0 bridgehead atoms. The zero-order valence-electron chi connectivity index (χ0n) is 10.3. The van der Waals surface area contributed by atoms with Gasteiger partial charge < -0.3 is 11.1 Å². The van der Waals surface area contributed by atoms with Crippen LogP contribution in [-0.4, -0.2) is 10.8 Å². The van der Waals surface area contributed by atoms with Gasteiger partial charge in [0.05, 0.1) is 10.5 Å². The number of nitriles is 3. The molecule has 0 aliphatic carbocycles. The first-order valence-corrected chi connectivity index (χ1v) is 5.25. The highest BCUT2D eigenvalue weighted by Crippen LogP contribution is 2.29. The third-order valence-corrected chi connectivity index (χ3v) is 2.34. The highest BCUT2D eigenvalue weighted by molar-refractivity contribution is 6.01. The lowest BCUT2D eigenvalue weighted by atomic mass is 10.1. The van der Waals surface area contributed by atoms with Gasteiger partial charge in [0.15, 0.2) is 5.57 Å². The van der Waals surface area contributed by atoms with Crippen LogP contribution in [0.25, 0.3) is 0 Å². The molecule has 1 aromatic rings. The number of anilines is 1. The zero-order valence-corrected chi connectivity index (χ0v) is 10.3. The fourth-order valence-corrected chi connectivity index (χ4v) is 1.44. The molecule has 21 heavy (non-hydrogen) atoms. The van der Waals surface area contributed by atoms with Crippen molar-refractivity contribution in [1.82, 2.24) is 0 Å². The van der Waals surface area contributed by atoms with Gasteiger partial charge in [-0.3, -0.25) is 14.9 Å². The van der Waals surface area contributed by atoms with Crippen molar-refractivity contribution in [2.24, 2.45) is 5.73 Å². The van der Waals surface area contributed by atoms with Gasteiger partial charge >= 0.3 is 0 Å². The summed E-state index contributed by atoms with van der Waals surface area (Å²) in [6.07, 6.45) is 0. The molecule has 1 rings (SSSR count). The topological polar surface area (TPSA) is 170 Å². The average Bonchev–Trinajstić information content (AvgIpc) is 2.46. The summed E-state index contributed by atoms with van der Waals surface area (Å²) in [6.45, 7) is 0. The number of benzene rings is 1. The molecule has 0 radical (unpaired) electrons. The number of para-hydroxylation sites is 1. The number of nitro benzene ring substituents is 1. The number of rotatable bonds is 4. The third kappa shape index (κ3) is 3.11. The van der Waals surface area contributed by atoms with Crippen molar-refractivity contribution in [3.63, 3.8) is 0 Å². The molecule has 0 spiro atoms. The van der Waals surface area contributed by atoms with Crippen LogP contribution in [0.3, 0.4) is 0 Å². The molecule has 0 heterocycles. The van der Waals surface area contributed by atoms with Crippen LogP contribution < -0.4 is 11.1 Å². The SMILES string of the molecule is N#CC(C#N)=C(C#N)Nc1c(C(N)=O)cccc1[N+](=O)[O-]. The van der Waals surface area contributed by atoms with E-state index in [0.717, 1.165) is 6.07 Å². The molecule has 0 unspecified atom stereocenters. The number of hydrogen-bond donors (Lipinski definition) is 2. The summed E-state index contributed by atoms with van der Waals surface area (Å²) < 4.78 is 0. The minimum atomic E-state index is -0.964. The minimum absolute atomic E-state index is 0.243. The number of amides is 1. The Balaban J connectivity index is 3.57. The highest BCUT2D eigenvalue weighted by atomic mass is 16.6. The van der Waals surface area contributed by atoms with E-state index in [9.17, 15) is 14.9 Å². The fourth-order valence-electron chi connectivity index (χ4n) is 1.44. The summed E-state index contributed by atoms with van der Waals surface area (Å²) in [5.41, 5.74) is 2.90. The predicted molar refractivity (Wildman–Crippen MR) is 69.1 cm³/mol. The second kappa shape index (κ2) is 6.32. The fraction of sp³-hybridized carbons (Fsp3) is 0. The Hall–Kier alpha value is -3.90. The predicted octanol–water partition coefficient (Wildman–Crippen LogP) is 0.930. The van der Waals surface area contributed by atoms with Crippen LogP contribution in [0.2, 0.25) is 0 Å². The molecule has 0 atom stereocenters. The number of primary amides is 1. The van der Waals surface area contributed by atoms with E-state index in [0.29, 0.717) is 0 Å². The van der Waals surface area contributed by atoms with Crippen LogP contribution in [0, 0.1) is 44.1 Å². The molecule has 9 heteroatoms. The number of carbonyl (C=O) groups excluding carboxylic acids is 1. The van der Waals surface area contributed by atoms with E-state index in [1.807, 2.05) is 0 Å². The number of allylic oxidation sites excluding steroid dienone is 2. The van der Waals surface area contributed by atoms with Crippen molar-refractivity contribution in [1.29, 1.82) is 15.8 Å². The summed E-state index contributed by atoms with van der Waals surface area (Å²) in [5, 5.41) is 39.6. The van der Waals surface area contributed by atoms with Crippen molar-refractivity contribution in [3.05, 3.63) is 45.1 Å². The van der Waals surface area contributed by atoms with E-state index in [1.165, 1.54) is 30.3 Å². The molecule has 0 aliphatic heterocycles. The first-order valence-electron chi connectivity index (χ1n) is 5.25. The molecule has 0 fully saturated rings. The Morgan fingerprint density at radius 2 is 1.86 bits per heavy atom. The van der Waals surface area contributed by atoms with E-state index in [-0.39, 0.29) is 11.3 Å². The quantitative estimate of drug-likeness (QED) is 0.469. The highest BCUT2D eigenvalue weighted by Gasteiger charge is 2.22. The van der Waals surface area contributed by atoms with Gasteiger partial charge in [-0.15, -0.1) is 0 Å². The van der Waals surface area contributed by atoms with Gasteiger partial charge in [0.25, 0.3) is 11.6 Å². The summed E-state index contributed by atoms with van der Waals surface area (Å²) >= 11 is 0. The lowest BCUT2D eigenvalue weighted by Crippen LogP contribution is -2.15. The zero-order chi connectivity index (χ0) is 16.0. The number of nitro groups is 1. The maximum Gasteiger partial charge on any atom is 0.293 e. The van der Waals surface area contributed by atoms with Gasteiger partial charge in [0.1, 0.15) is 29.6 Å². The van der Waals surface area contributed by atoms with Gasteiger partial charge in [-0.05, 0) is 6.07 Å². The molecule has 0 saturated heterocycles. The lowest BCUT2D eigenvalue weighted by Gasteiger charge is -2.09. The number of hydrogen-bond acceptors (Lipinski definition) is 7. The van der Waals surface area contributed by atoms with Crippen molar-refractivity contribution in [2.45, 2.75) is 0 Å². The molecule has 0 aliphatic rings. The first kappa shape index (κ1) is 15.2. The number of nitrogens with one attached hydrogen (secondary N) is 1. The van der Waals surface area contributed by atoms with Gasteiger partial charge in [-0.25, -0.2) is 0 Å². The number of nitrogens with zero attached hydrogens (tertiary/aromatic N) is 4. The molecule has 102 valence electrons. The van der Waals surface area contributed by atoms with E-state index in [2.05, 4.69) is 5.32 Å². The summed E-state index contributed by atoms with van der Waals surface area (Å²) in [7, 11) is 0. The van der Waals surface area contributed by atoms with E-state index < -0.39 is 27.8 Å². The van der Waals surface area contributed by atoms with Crippen LogP contribution in [0.4, 0.5) is 11.4 Å². The van der Waals surface area contributed by atoms with Crippen LogP contribution in [-0.2, 0) is 0 Å². The van der Waals surface area contributed by atoms with Gasteiger partial charge in [0, 0.05) is 6.07 Å². The van der Waals surface area contributed by atoms with Crippen LogP contribution in [0.5, 0.6) is 0 Å². The standard InChI is InChI=1S/C12H6N6O3/c13-4-7(5-14)9(6-15)17-11-8(12(16)19)2-1-3-10(11)18(20)21/h1-3,17H,(H2,16,19). The maximum atomic E-state index is 11.3. The molecule has 1 aromatic carbocycles. The summed E-state index contributed by atoms with van der Waals surface area (Å²) in [6, 6.07) is 8.01. The van der Waals surface area contributed by atoms with Crippen LogP contribution in [0.1, 0.15) is 10.4 Å². The monoisotopic (exact) mass is 282 g/mol. The Labute approximate surface area is 118 Å².